The minimum absolute atomic E-state index is 0.0104. The van der Waals surface area contributed by atoms with Gasteiger partial charge in [0.05, 0.1) is 6.26 Å². The molecule has 20 heavy (non-hydrogen) atoms. The number of carbonyl (C=O) groups is 1. The van der Waals surface area contributed by atoms with Gasteiger partial charge in [-0.2, -0.15) is 0 Å². The van der Waals surface area contributed by atoms with Crippen LogP contribution in [0.4, 0.5) is 0 Å². The molecule has 4 heteroatoms. The first-order valence-corrected chi connectivity index (χ1v) is 6.93. The Balaban J connectivity index is 2.18. The van der Waals surface area contributed by atoms with Gasteiger partial charge in [0, 0.05) is 12.1 Å². The zero-order valence-corrected chi connectivity index (χ0v) is 11.9. The predicted molar refractivity (Wildman–Crippen MR) is 77.1 cm³/mol. The van der Waals surface area contributed by atoms with Crippen molar-refractivity contribution in [3.8, 4) is 0 Å². The molecule has 0 aliphatic carbocycles. The maximum atomic E-state index is 11.9. The summed E-state index contributed by atoms with van der Waals surface area (Å²) in [5.41, 5.74) is 1.12. The summed E-state index contributed by atoms with van der Waals surface area (Å²) < 4.78 is 5.53. The molecule has 1 amide bonds. The second-order valence-electron chi connectivity index (χ2n) is 4.78. The Morgan fingerprint density at radius 3 is 2.60 bits per heavy atom. The molecule has 0 saturated heterocycles. The van der Waals surface area contributed by atoms with Gasteiger partial charge in [-0.25, -0.2) is 0 Å². The quantitative estimate of drug-likeness (QED) is 0.837. The summed E-state index contributed by atoms with van der Waals surface area (Å²) in [6.07, 6.45) is 1.66. The number of rotatable bonds is 6. The molecule has 4 nitrogen and oxygen atoms in total. The number of nitrogens with two attached hydrogens (primary N) is 1. The summed E-state index contributed by atoms with van der Waals surface area (Å²) in [4.78, 5) is 11.9. The van der Waals surface area contributed by atoms with Gasteiger partial charge in [-0.1, -0.05) is 30.3 Å². The summed E-state index contributed by atoms with van der Waals surface area (Å²) in [7, 11) is 0. The number of amides is 1. The Morgan fingerprint density at radius 1 is 1.25 bits per heavy atom. The summed E-state index contributed by atoms with van der Waals surface area (Å²) in [5, 5.41) is 4.87. The van der Waals surface area contributed by atoms with Crippen molar-refractivity contribution in [3.05, 3.63) is 60.1 Å². The minimum atomic E-state index is -0.176. The van der Waals surface area contributed by atoms with Gasteiger partial charge in [0.25, 0.3) is 5.91 Å². The first kappa shape index (κ1) is 14.3. The van der Waals surface area contributed by atoms with Crippen LogP contribution in [0, 0.1) is 0 Å². The summed E-state index contributed by atoms with van der Waals surface area (Å²) in [6, 6.07) is 13.7. The number of hydrogen-bond donors (Lipinski definition) is 2. The lowest BCUT2D eigenvalue weighted by atomic mass is 10.0. The molecule has 2 atom stereocenters. The highest BCUT2D eigenvalue weighted by molar-refractivity contribution is 5.79. The normalized spacial score (nSPS) is 13.7. The van der Waals surface area contributed by atoms with Crippen LogP contribution < -0.4 is 10.6 Å². The maximum absolute atomic E-state index is 11.9. The number of nitrogens with one attached hydrogen (secondary N) is 1. The Bertz CT molecular complexity index is 523. The van der Waals surface area contributed by atoms with E-state index in [2.05, 4.69) is 5.32 Å². The van der Waals surface area contributed by atoms with E-state index in [0.29, 0.717) is 6.54 Å². The third-order valence-electron chi connectivity index (χ3n) is 3.25. The van der Waals surface area contributed by atoms with Crippen LogP contribution in [-0.4, -0.2) is 18.5 Å². The molecule has 0 bridgehead atoms. The lowest BCUT2D eigenvalue weighted by Gasteiger charge is -2.18. The van der Waals surface area contributed by atoms with E-state index in [1.807, 2.05) is 61.6 Å². The van der Waals surface area contributed by atoms with Crippen LogP contribution in [0.3, 0.4) is 0 Å². The monoisotopic (exact) mass is 273 g/mol. The van der Waals surface area contributed by atoms with E-state index in [4.69, 9.17) is 4.42 Å². The van der Waals surface area contributed by atoms with E-state index >= 15 is 0 Å². The molecule has 2 rings (SSSR count). The Morgan fingerprint density at radius 2 is 2.00 bits per heavy atom. The summed E-state index contributed by atoms with van der Waals surface area (Å²) in [5.74, 6) is 0.896. The van der Waals surface area contributed by atoms with Crippen LogP contribution in [0.5, 0.6) is 0 Å². The van der Waals surface area contributed by atoms with Crippen LogP contribution in [0.1, 0.15) is 31.2 Å². The fourth-order valence-corrected chi connectivity index (χ4v) is 2.21. The fourth-order valence-electron chi connectivity index (χ4n) is 2.21. The van der Waals surface area contributed by atoms with E-state index in [-0.39, 0.29) is 18.0 Å². The SMILES string of the molecule is CCNC(=O)[C@@H](C)[NH2+][C@H](c1ccccc1)c1ccco1. The molecule has 0 aliphatic rings. The molecule has 0 spiro atoms. The number of benzene rings is 1. The maximum Gasteiger partial charge on any atom is 0.277 e. The molecule has 3 N–H and O–H groups in total. The molecule has 0 aliphatic heterocycles. The van der Waals surface area contributed by atoms with Gasteiger partial charge in [0.15, 0.2) is 17.8 Å². The van der Waals surface area contributed by atoms with Gasteiger partial charge >= 0.3 is 0 Å². The summed E-state index contributed by atoms with van der Waals surface area (Å²) in [6.45, 7) is 4.48. The first-order chi connectivity index (χ1) is 9.72. The van der Waals surface area contributed by atoms with Crippen LogP contribution in [0.2, 0.25) is 0 Å². The van der Waals surface area contributed by atoms with Crippen molar-refractivity contribution in [1.29, 1.82) is 0 Å². The van der Waals surface area contributed by atoms with Crippen molar-refractivity contribution < 1.29 is 14.5 Å². The van der Waals surface area contributed by atoms with Gasteiger partial charge in [-0.05, 0) is 26.0 Å². The van der Waals surface area contributed by atoms with E-state index in [0.717, 1.165) is 11.3 Å². The number of furan rings is 1. The average molecular weight is 273 g/mol. The van der Waals surface area contributed by atoms with Crippen LogP contribution in [-0.2, 0) is 4.79 Å². The molecule has 0 radical (unpaired) electrons. The molecule has 0 unspecified atom stereocenters. The molecule has 2 aromatic rings. The fraction of sp³-hybridized carbons (Fsp3) is 0.312. The molecular weight excluding hydrogens is 252 g/mol. The van der Waals surface area contributed by atoms with Gasteiger partial charge < -0.3 is 15.1 Å². The second-order valence-corrected chi connectivity index (χ2v) is 4.78. The Hall–Kier alpha value is -2.07. The highest BCUT2D eigenvalue weighted by atomic mass is 16.3. The van der Waals surface area contributed by atoms with Crippen molar-refractivity contribution in [2.45, 2.75) is 25.9 Å². The smallest absolute Gasteiger partial charge is 0.277 e. The highest BCUT2D eigenvalue weighted by Gasteiger charge is 2.26. The van der Waals surface area contributed by atoms with Crippen molar-refractivity contribution in [2.24, 2.45) is 0 Å². The number of likely N-dealkylation sites (N-methyl/N-ethyl adjacent to an activating group) is 1. The van der Waals surface area contributed by atoms with Crippen LogP contribution in [0.25, 0.3) is 0 Å². The third-order valence-corrected chi connectivity index (χ3v) is 3.25. The molecule has 0 saturated carbocycles. The predicted octanol–water partition coefficient (Wildman–Crippen LogP) is 1.46. The minimum Gasteiger partial charge on any atom is -0.463 e. The zero-order chi connectivity index (χ0) is 14.4. The first-order valence-electron chi connectivity index (χ1n) is 6.93. The van der Waals surface area contributed by atoms with Gasteiger partial charge in [0.1, 0.15) is 0 Å². The number of carbonyl (C=O) groups excluding carboxylic acids is 1. The third kappa shape index (κ3) is 3.48. The van der Waals surface area contributed by atoms with Crippen molar-refractivity contribution in [3.63, 3.8) is 0 Å². The zero-order valence-electron chi connectivity index (χ0n) is 11.9. The number of quaternary nitrogens is 1. The molecule has 1 heterocycles. The van der Waals surface area contributed by atoms with E-state index in [1.54, 1.807) is 6.26 Å². The second kappa shape index (κ2) is 6.91. The Kier molecular flexibility index (Phi) is 4.96. The lowest BCUT2D eigenvalue weighted by Crippen LogP contribution is -2.92. The van der Waals surface area contributed by atoms with E-state index < -0.39 is 0 Å². The number of hydrogen-bond acceptors (Lipinski definition) is 2. The standard InChI is InChI=1S/C16H20N2O2/c1-3-17-16(19)12(2)18-15(14-10-7-11-20-14)13-8-5-4-6-9-13/h4-12,15,18H,3H2,1-2H3,(H,17,19)/p+1/t12-,15-/m1/s1. The van der Waals surface area contributed by atoms with Gasteiger partial charge in [-0.3, -0.25) is 4.79 Å². The van der Waals surface area contributed by atoms with Gasteiger partial charge in [0.2, 0.25) is 0 Å². The van der Waals surface area contributed by atoms with E-state index in [9.17, 15) is 4.79 Å². The molecule has 106 valence electrons. The van der Waals surface area contributed by atoms with Crippen LogP contribution >= 0.6 is 0 Å². The topological polar surface area (TPSA) is 58.9 Å². The molecule has 0 fully saturated rings. The average Bonchev–Trinajstić information content (AvgIpc) is 2.99. The van der Waals surface area contributed by atoms with E-state index in [1.165, 1.54) is 0 Å². The van der Waals surface area contributed by atoms with Gasteiger partial charge in [-0.15, -0.1) is 0 Å². The lowest BCUT2D eigenvalue weighted by molar-refractivity contribution is -0.706. The molecule has 1 aromatic heterocycles. The highest BCUT2D eigenvalue weighted by Crippen LogP contribution is 2.18. The van der Waals surface area contributed by atoms with Crippen LogP contribution in [0.15, 0.2) is 53.1 Å². The summed E-state index contributed by atoms with van der Waals surface area (Å²) >= 11 is 0. The van der Waals surface area contributed by atoms with Crippen molar-refractivity contribution in [1.82, 2.24) is 5.32 Å². The van der Waals surface area contributed by atoms with Crippen molar-refractivity contribution >= 4 is 5.91 Å². The Labute approximate surface area is 119 Å². The largest absolute Gasteiger partial charge is 0.463 e. The molecular formula is C16H21N2O2+. The molecule has 1 aromatic carbocycles. The van der Waals surface area contributed by atoms with Crippen molar-refractivity contribution in [2.75, 3.05) is 6.54 Å².